The van der Waals surface area contributed by atoms with Gasteiger partial charge < -0.3 is 10.6 Å². The van der Waals surface area contributed by atoms with Crippen molar-refractivity contribution in [2.45, 2.75) is 24.5 Å². The van der Waals surface area contributed by atoms with E-state index in [-0.39, 0.29) is 10.7 Å². The number of thioether (sulfide) groups is 1. The molecule has 5 heteroatoms. The van der Waals surface area contributed by atoms with E-state index < -0.39 is 0 Å². The van der Waals surface area contributed by atoms with Crippen molar-refractivity contribution in [3.05, 3.63) is 23.9 Å². The van der Waals surface area contributed by atoms with Crippen molar-refractivity contribution >= 4 is 23.5 Å². The predicted octanol–water partition coefficient (Wildman–Crippen LogP) is 2.14. The number of nitrogens with one attached hydrogen (secondary N) is 2. The molecule has 0 bridgehead atoms. The number of anilines is 1. The zero-order valence-electron chi connectivity index (χ0n) is 10.8. The highest BCUT2D eigenvalue weighted by Gasteiger charge is 2.29. The molecular weight excluding hydrogens is 246 g/mol. The van der Waals surface area contributed by atoms with E-state index in [1.165, 1.54) is 18.6 Å². The monoisotopic (exact) mass is 265 g/mol. The summed E-state index contributed by atoms with van der Waals surface area (Å²) in [6.07, 6.45) is 2.41. The molecule has 1 fully saturated rings. The van der Waals surface area contributed by atoms with Crippen LogP contribution in [0.5, 0.6) is 0 Å². The molecule has 2 heterocycles. The minimum atomic E-state index is -0.0965. The van der Waals surface area contributed by atoms with Crippen LogP contribution >= 0.6 is 11.8 Å². The number of pyridine rings is 1. The van der Waals surface area contributed by atoms with Gasteiger partial charge in [-0.25, -0.2) is 4.98 Å². The summed E-state index contributed by atoms with van der Waals surface area (Å²) < 4.78 is 0.191. The molecule has 0 aromatic carbocycles. The van der Waals surface area contributed by atoms with Crippen molar-refractivity contribution in [3.8, 4) is 0 Å². The molecule has 1 aliphatic heterocycles. The molecule has 1 aromatic heterocycles. The number of hydrogen-bond acceptors (Lipinski definition) is 4. The number of nitrogens with zero attached hydrogens (tertiary/aromatic N) is 1. The lowest BCUT2D eigenvalue weighted by Gasteiger charge is -2.22. The van der Waals surface area contributed by atoms with Crippen LogP contribution in [0.15, 0.2) is 18.2 Å². The van der Waals surface area contributed by atoms with E-state index in [4.69, 9.17) is 0 Å². The van der Waals surface area contributed by atoms with E-state index in [9.17, 15) is 4.79 Å². The molecule has 1 amide bonds. The number of amides is 1. The van der Waals surface area contributed by atoms with E-state index in [0.717, 1.165) is 0 Å². The number of hydrogen-bond donors (Lipinski definition) is 2. The standard InChI is InChI=1S/C13H19N3OS/c1-13(7-4-8-18-13)9-15-12(17)10-5-3-6-11(14-2)16-10/h3,5-6H,4,7-9H2,1-2H3,(H,14,16)(H,15,17). The summed E-state index contributed by atoms with van der Waals surface area (Å²) in [4.78, 5) is 16.2. The van der Waals surface area contributed by atoms with Crippen LogP contribution in [-0.2, 0) is 0 Å². The highest BCUT2D eigenvalue weighted by atomic mass is 32.2. The highest BCUT2D eigenvalue weighted by molar-refractivity contribution is 8.00. The Bertz CT molecular complexity index is 430. The quantitative estimate of drug-likeness (QED) is 0.876. The zero-order valence-corrected chi connectivity index (χ0v) is 11.6. The summed E-state index contributed by atoms with van der Waals surface area (Å²) in [6, 6.07) is 5.41. The van der Waals surface area contributed by atoms with Gasteiger partial charge in [0.15, 0.2) is 0 Å². The summed E-state index contributed by atoms with van der Waals surface area (Å²) in [5.41, 5.74) is 0.466. The Balaban J connectivity index is 1.94. The zero-order chi connectivity index (χ0) is 13.0. The number of aromatic nitrogens is 1. The maximum atomic E-state index is 12.0. The summed E-state index contributed by atoms with van der Waals surface area (Å²) in [7, 11) is 1.79. The van der Waals surface area contributed by atoms with Crippen LogP contribution in [0.25, 0.3) is 0 Å². The molecule has 1 aliphatic rings. The van der Waals surface area contributed by atoms with Crippen LogP contribution in [0.2, 0.25) is 0 Å². The highest BCUT2D eigenvalue weighted by Crippen LogP contribution is 2.36. The van der Waals surface area contributed by atoms with Crippen LogP contribution in [0.4, 0.5) is 5.82 Å². The smallest absolute Gasteiger partial charge is 0.270 e. The van der Waals surface area contributed by atoms with Crippen molar-refractivity contribution in [1.82, 2.24) is 10.3 Å². The Morgan fingerprint density at radius 2 is 2.39 bits per heavy atom. The first-order valence-electron chi connectivity index (χ1n) is 6.20. The minimum absolute atomic E-state index is 0.0965. The van der Waals surface area contributed by atoms with Crippen molar-refractivity contribution in [2.24, 2.45) is 0 Å². The molecular formula is C13H19N3OS. The summed E-state index contributed by atoms with van der Waals surface area (Å²) in [6.45, 7) is 2.92. The van der Waals surface area contributed by atoms with Crippen LogP contribution in [0.1, 0.15) is 30.3 Å². The van der Waals surface area contributed by atoms with Crippen molar-refractivity contribution in [3.63, 3.8) is 0 Å². The van der Waals surface area contributed by atoms with Gasteiger partial charge in [-0.15, -0.1) is 0 Å². The van der Waals surface area contributed by atoms with Crippen molar-refractivity contribution < 1.29 is 4.79 Å². The van der Waals surface area contributed by atoms with E-state index in [1.54, 1.807) is 13.1 Å². The van der Waals surface area contributed by atoms with Gasteiger partial charge in [0.25, 0.3) is 5.91 Å². The fourth-order valence-electron chi connectivity index (χ4n) is 2.03. The summed E-state index contributed by atoms with van der Waals surface area (Å²) in [5, 5.41) is 5.91. The van der Waals surface area contributed by atoms with Crippen LogP contribution < -0.4 is 10.6 Å². The van der Waals surface area contributed by atoms with E-state index >= 15 is 0 Å². The maximum Gasteiger partial charge on any atom is 0.270 e. The lowest BCUT2D eigenvalue weighted by molar-refractivity contribution is 0.0945. The summed E-state index contributed by atoms with van der Waals surface area (Å²) in [5.74, 6) is 1.81. The van der Waals surface area contributed by atoms with Crippen LogP contribution in [0.3, 0.4) is 0 Å². The van der Waals surface area contributed by atoms with Gasteiger partial charge in [0.1, 0.15) is 11.5 Å². The third-order valence-corrected chi connectivity index (χ3v) is 4.70. The van der Waals surface area contributed by atoms with Crippen LogP contribution in [0, 0.1) is 0 Å². The first-order chi connectivity index (χ1) is 8.63. The average molecular weight is 265 g/mol. The second kappa shape index (κ2) is 5.61. The Morgan fingerprint density at radius 1 is 1.56 bits per heavy atom. The molecule has 98 valence electrons. The van der Waals surface area contributed by atoms with Crippen molar-refractivity contribution in [2.75, 3.05) is 24.7 Å². The molecule has 1 unspecified atom stereocenters. The van der Waals surface area contributed by atoms with Gasteiger partial charge in [0.05, 0.1) is 0 Å². The Hall–Kier alpha value is -1.23. The van der Waals surface area contributed by atoms with E-state index in [1.807, 2.05) is 23.9 Å². The molecule has 18 heavy (non-hydrogen) atoms. The van der Waals surface area contributed by atoms with Gasteiger partial charge >= 0.3 is 0 Å². The third-order valence-electron chi connectivity index (χ3n) is 3.16. The lowest BCUT2D eigenvalue weighted by atomic mass is 10.1. The van der Waals surface area contributed by atoms with Gasteiger partial charge in [-0.3, -0.25) is 4.79 Å². The molecule has 0 saturated carbocycles. The molecule has 4 nitrogen and oxygen atoms in total. The molecule has 2 N–H and O–H groups in total. The Labute approximate surface area is 112 Å². The maximum absolute atomic E-state index is 12.0. The SMILES string of the molecule is CNc1cccc(C(=O)NCC2(C)CCCS2)n1. The normalized spacial score (nSPS) is 22.8. The van der Waals surface area contributed by atoms with Gasteiger partial charge in [-0.2, -0.15) is 11.8 Å². The molecule has 0 spiro atoms. The Morgan fingerprint density at radius 3 is 3.06 bits per heavy atom. The number of carbonyl (C=O) groups is 1. The first-order valence-corrected chi connectivity index (χ1v) is 7.18. The number of rotatable bonds is 4. The van der Waals surface area contributed by atoms with Crippen LogP contribution in [-0.4, -0.2) is 35.0 Å². The third kappa shape index (κ3) is 3.16. The second-order valence-corrected chi connectivity index (χ2v) is 6.43. The molecule has 2 rings (SSSR count). The average Bonchev–Trinajstić information content (AvgIpc) is 2.83. The first kappa shape index (κ1) is 13.2. The molecule has 1 aromatic rings. The second-order valence-electron chi connectivity index (χ2n) is 4.74. The van der Waals surface area contributed by atoms with Crippen molar-refractivity contribution in [1.29, 1.82) is 0 Å². The van der Waals surface area contributed by atoms with Gasteiger partial charge in [-0.1, -0.05) is 6.07 Å². The summed E-state index contributed by atoms with van der Waals surface area (Å²) >= 11 is 1.94. The number of carbonyl (C=O) groups excluding carboxylic acids is 1. The van der Waals surface area contributed by atoms with E-state index in [0.29, 0.717) is 18.1 Å². The molecule has 1 atom stereocenters. The van der Waals surface area contributed by atoms with E-state index in [2.05, 4.69) is 22.5 Å². The fraction of sp³-hybridized carbons (Fsp3) is 0.538. The Kier molecular flexibility index (Phi) is 4.11. The topological polar surface area (TPSA) is 54.0 Å². The molecule has 0 aliphatic carbocycles. The molecule has 0 radical (unpaired) electrons. The van der Waals surface area contributed by atoms with Gasteiger partial charge in [0.2, 0.25) is 0 Å². The lowest BCUT2D eigenvalue weighted by Crippen LogP contribution is -2.37. The molecule has 1 saturated heterocycles. The predicted molar refractivity (Wildman–Crippen MR) is 76.2 cm³/mol. The largest absolute Gasteiger partial charge is 0.373 e. The minimum Gasteiger partial charge on any atom is -0.373 e. The van der Waals surface area contributed by atoms with Gasteiger partial charge in [0, 0.05) is 18.3 Å². The fourth-order valence-corrected chi connectivity index (χ4v) is 3.28. The van der Waals surface area contributed by atoms with Gasteiger partial charge in [-0.05, 0) is 37.7 Å².